The zero-order valence-corrected chi connectivity index (χ0v) is 11.3. The molecule has 0 atom stereocenters. The standard InChI is InChI=1S/C11H21N3O4/c1-8(2)14(7-10(16)17)11(18)13(4)6-5-9(15)12-3/h8H,5-7H2,1-4H3,(H,12,15)(H,16,17). The fraction of sp³-hybridized carbons (Fsp3) is 0.727. The Morgan fingerprint density at radius 3 is 2.22 bits per heavy atom. The number of nitrogens with one attached hydrogen (secondary N) is 1. The van der Waals surface area contributed by atoms with Crippen molar-refractivity contribution in [1.29, 1.82) is 0 Å². The van der Waals surface area contributed by atoms with E-state index in [2.05, 4.69) is 5.32 Å². The number of hydrogen-bond acceptors (Lipinski definition) is 3. The summed E-state index contributed by atoms with van der Waals surface area (Å²) < 4.78 is 0. The zero-order chi connectivity index (χ0) is 14.3. The maximum Gasteiger partial charge on any atom is 0.323 e. The molecule has 0 rings (SSSR count). The largest absolute Gasteiger partial charge is 0.480 e. The molecule has 0 radical (unpaired) electrons. The van der Waals surface area contributed by atoms with Crippen LogP contribution < -0.4 is 5.32 Å². The van der Waals surface area contributed by atoms with Crippen LogP contribution in [0, 0.1) is 0 Å². The maximum absolute atomic E-state index is 12.0. The number of urea groups is 1. The molecule has 7 heteroatoms. The molecule has 0 spiro atoms. The first kappa shape index (κ1) is 16.2. The average molecular weight is 259 g/mol. The van der Waals surface area contributed by atoms with Gasteiger partial charge >= 0.3 is 12.0 Å². The van der Waals surface area contributed by atoms with Crippen LogP contribution in [-0.4, -0.2) is 66.0 Å². The van der Waals surface area contributed by atoms with Crippen LogP contribution in [0.4, 0.5) is 4.79 Å². The van der Waals surface area contributed by atoms with Crippen molar-refractivity contribution in [2.24, 2.45) is 0 Å². The van der Waals surface area contributed by atoms with Gasteiger partial charge in [0, 0.05) is 33.1 Å². The third kappa shape index (κ3) is 5.51. The van der Waals surface area contributed by atoms with E-state index in [0.29, 0.717) is 0 Å². The Bertz CT molecular complexity index is 317. The minimum Gasteiger partial charge on any atom is -0.480 e. The zero-order valence-electron chi connectivity index (χ0n) is 11.3. The third-order valence-electron chi connectivity index (χ3n) is 2.45. The molecule has 0 aromatic carbocycles. The number of carboxylic acid groups (broad SMARTS) is 1. The summed E-state index contributed by atoms with van der Waals surface area (Å²) in [7, 11) is 3.07. The van der Waals surface area contributed by atoms with Crippen molar-refractivity contribution in [3.8, 4) is 0 Å². The molecule has 0 aliphatic carbocycles. The van der Waals surface area contributed by atoms with E-state index in [4.69, 9.17) is 5.11 Å². The summed E-state index contributed by atoms with van der Waals surface area (Å²) in [6.45, 7) is 3.39. The summed E-state index contributed by atoms with van der Waals surface area (Å²) in [5.74, 6) is -1.22. The van der Waals surface area contributed by atoms with Gasteiger partial charge in [0.2, 0.25) is 5.91 Å². The first-order valence-electron chi connectivity index (χ1n) is 5.73. The molecule has 7 nitrogen and oxygen atoms in total. The Labute approximate surface area is 107 Å². The minimum atomic E-state index is -1.06. The molecule has 0 aromatic heterocycles. The molecular formula is C11H21N3O4. The second-order valence-electron chi connectivity index (χ2n) is 4.24. The number of carboxylic acids is 1. The molecule has 3 amide bonds. The highest BCUT2D eigenvalue weighted by atomic mass is 16.4. The number of carbonyl (C=O) groups excluding carboxylic acids is 2. The van der Waals surface area contributed by atoms with Crippen LogP contribution >= 0.6 is 0 Å². The number of nitrogens with zero attached hydrogens (tertiary/aromatic N) is 2. The predicted octanol–water partition coefficient (Wildman–Crippen LogP) is -0.0307. The highest BCUT2D eigenvalue weighted by molar-refractivity contribution is 5.81. The van der Waals surface area contributed by atoms with Gasteiger partial charge in [-0.15, -0.1) is 0 Å². The summed E-state index contributed by atoms with van der Waals surface area (Å²) in [4.78, 5) is 36.3. The van der Waals surface area contributed by atoms with Gasteiger partial charge in [0.05, 0.1) is 0 Å². The molecule has 0 aliphatic heterocycles. The van der Waals surface area contributed by atoms with Gasteiger partial charge in [-0.3, -0.25) is 9.59 Å². The third-order valence-corrected chi connectivity index (χ3v) is 2.45. The lowest BCUT2D eigenvalue weighted by Crippen LogP contribution is -2.47. The van der Waals surface area contributed by atoms with Crippen LogP contribution in [0.15, 0.2) is 0 Å². The quantitative estimate of drug-likeness (QED) is 0.701. The van der Waals surface area contributed by atoms with Crippen molar-refractivity contribution in [1.82, 2.24) is 15.1 Å². The molecule has 0 heterocycles. The molecule has 0 saturated carbocycles. The van der Waals surface area contributed by atoms with Gasteiger partial charge in [-0.2, -0.15) is 0 Å². The Morgan fingerprint density at radius 2 is 1.83 bits per heavy atom. The highest BCUT2D eigenvalue weighted by Crippen LogP contribution is 2.04. The van der Waals surface area contributed by atoms with Gasteiger partial charge in [-0.1, -0.05) is 0 Å². The molecule has 0 unspecified atom stereocenters. The number of hydrogen-bond donors (Lipinski definition) is 2. The highest BCUT2D eigenvalue weighted by Gasteiger charge is 2.23. The molecular weight excluding hydrogens is 238 g/mol. The normalized spacial score (nSPS) is 10.1. The number of aliphatic carboxylic acids is 1. The van der Waals surface area contributed by atoms with Gasteiger partial charge in [-0.05, 0) is 13.8 Å². The van der Waals surface area contributed by atoms with Crippen molar-refractivity contribution in [2.45, 2.75) is 26.3 Å². The first-order chi connectivity index (χ1) is 8.29. The van der Waals surface area contributed by atoms with Crippen molar-refractivity contribution in [3.63, 3.8) is 0 Å². The van der Waals surface area contributed by atoms with Crippen LogP contribution in [0.25, 0.3) is 0 Å². The molecule has 0 aromatic rings. The van der Waals surface area contributed by atoms with Gasteiger partial charge in [0.15, 0.2) is 0 Å². The van der Waals surface area contributed by atoms with Crippen LogP contribution in [-0.2, 0) is 9.59 Å². The summed E-state index contributed by atoms with van der Waals surface area (Å²) in [6.07, 6.45) is 0.192. The van der Waals surface area contributed by atoms with Gasteiger partial charge in [0.1, 0.15) is 6.54 Å². The first-order valence-corrected chi connectivity index (χ1v) is 5.73. The van der Waals surface area contributed by atoms with Crippen molar-refractivity contribution in [3.05, 3.63) is 0 Å². The maximum atomic E-state index is 12.0. The summed E-state index contributed by atoms with van der Waals surface area (Å²) in [5.41, 5.74) is 0. The van der Waals surface area contributed by atoms with E-state index in [1.54, 1.807) is 20.9 Å². The van der Waals surface area contributed by atoms with E-state index < -0.39 is 12.0 Å². The summed E-state index contributed by atoms with van der Waals surface area (Å²) in [5, 5.41) is 11.2. The van der Waals surface area contributed by atoms with E-state index in [1.165, 1.54) is 16.8 Å². The Kier molecular flexibility index (Phi) is 6.77. The minimum absolute atomic E-state index is 0.163. The van der Waals surface area contributed by atoms with Gasteiger partial charge in [0.25, 0.3) is 0 Å². The second-order valence-corrected chi connectivity index (χ2v) is 4.24. The average Bonchev–Trinajstić information content (AvgIpc) is 2.30. The lowest BCUT2D eigenvalue weighted by atomic mass is 10.3. The molecule has 0 saturated heterocycles. The molecule has 0 bridgehead atoms. The van der Waals surface area contributed by atoms with Crippen LogP contribution in [0.1, 0.15) is 20.3 Å². The van der Waals surface area contributed by atoms with Crippen molar-refractivity contribution >= 4 is 17.9 Å². The van der Waals surface area contributed by atoms with E-state index in [-0.39, 0.29) is 31.5 Å². The van der Waals surface area contributed by atoms with Crippen molar-refractivity contribution in [2.75, 3.05) is 27.2 Å². The predicted molar refractivity (Wildman–Crippen MR) is 66.2 cm³/mol. The molecule has 18 heavy (non-hydrogen) atoms. The van der Waals surface area contributed by atoms with Crippen LogP contribution in [0.2, 0.25) is 0 Å². The molecule has 0 fully saturated rings. The SMILES string of the molecule is CNC(=O)CCN(C)C(=O)N(CC(=O)O)C(C)C. The van der Waals surface area contributed by atoms with Crippen molar-refractivity contribution < 1.29 is 19.5 Å². The summed E-state index contributed by atoms with van der Waals surface area (Å²) in [6, 6.07) is -0.604. The molecule has 104 valence electrons. The lowest BCUT2D eigenvalue weighted by molar-refractivity contribution is -0.138. The topological polar surface area (TPSA) is 90.0 Å². The van der Waals surface area contributed by atoms with E-state index in [1.807, 2.05) is 0 Å². The van der Waals surface area contributed by atoms with Gasteiger partial charge < -0.3 is 20.2 Å². The summed E-state index contributed by atoms with van der Waals surface area (Å²) >= 11 is 0. The Morgan fingerprint density at radius 1 is 1.28 bits per heavy atom. The second kappa shape index (κ2) is 7.52. The van der Waals surface area contributed by atoms with E-state index in [9.17, 15) is 14.4 Å². The molecule has 0 aliphatic rings. The van der Waals surface area contributed by atoms with Crippen LogP contribution in [0.5, 0.6) is 0 Å². The molecule has 2 N–H and O–H groups in total. The number of amides is 3. The fourth-order valence-electron chi connectivity index (χ4n) is 1.33. The Balaban J connectivity index is 4.47. The van der Waals surface area contributed by atoms with Crippen LogP contribution in [0.3, 0.4) is 0 Å². The lowest BCUT2D eigenvalue weighted by Gasteiger charge is -2.29. The number of rotatable bonds is 6. The monoisotopic (exact) mass is 259 g/mol. The fourth-order valence-corrected chi connectivity index (χ4v) is 1.33. The number of carbonyl (C=O) groups is 3. The van der Waals surface area contributed by atoms with E-state index >= 15 is 0 Å². The Hall–Kier alpha value is -1.79. The van der Waals surface area contributed by atoms with Gasteiger partial charge in [-0.25, -0.2) is 4.79 Å². The van der Waals surface area contributed by atoms with E-state index in [0.717, 1.165) is 0 Å². The smallest absolute Gasteiger partial charge is 0.323 e.